The molecule has 0 aromatic rings. The van der Waals surface area contributed by atoms with Gasteiger partial charge in [-0.1, -0.05) is 60.2 Å². The monoisotopic (exact) mass is 431 g/mol. The zero-order valence-electron chi connectivity index (χ0n) is 19.2. The summed E-state index contributed by atoms with van der Waals surface area (Å²) in [7, 11) is -1.35. The highest BCUT2D eigenvalue weighted by Crippen LogP contribution is 2.19. The number of amides is 1. The number of aliphatic carboxylic acids is 1. The van der Waals surface area contributed by atoms with E-state index in [0.29, 0.717) is 18.3 Å². The highest BCUT2D eigenvalue weighted by atomic mass is 28.3. The van der Waals surface area contributed by atoms with Crippen molar-refractivity contribution in [1.29, 1.82) is 0 Å². The van der Waals surface area contributed by atoms with Gasteiger partial charge in [-0.05, 0) is 30.7 Å². The Labute approximate surface area is 176 Å². The summed E-state index contributed by atoms with van der Waals surface area (Å²) in [5.41, 5.74) is 0. The van der Waals surface area contributed by atoms with Gasteiger partial charge in [0, 0.05) is 8.07 Å². The molecule has 0 spiro atoms. The van der Waals surface area contributed by atoms with Gasteiger partial charge in [0.2, 0.25) is 0 Å². The van der Waals surface area contributed by atoms with Crippen LogP contribution in [0.3, 0.4) is 0 Å². The van der Waals surface area contributed by atoms with E-state index in [4.69, 9.17) is 9.47 Å². The van der Waals surface area contributed by atoms with E-state index >= 15 is 0 Å². The second-order valence-electron chi connectivity index (χ2n) is 9.68. The van der Waals surface area contributed by atoms with Crippen LogP contribution in [-0.4, -0.2) is 50.5 Å². The standard InChI is InChI=1S/C21H41NO6Si/c1-15(2)13-16(3)9-8-10-17(4)20(25)28-14-18(19(23)24)22-21(26)27-11-12-29(5,6)7/h15-18H,8-14H2,1-7H3,(H,22,26)(H,23,24). The SMILES string of the molecule is CC(C)CC(C)CCCC(C)C(=O)OCC(NC(=O)OCC[Si](C)(C)C)C(=O)O. The van der Waals surface area contributed by atoms with E-state index in [2.05, 4.69) is 45.7 Å². The van der Waals surface area contributed by atoms with Gasteiger partial charge in [0.05, 0.1) is 12.5 Å². The van der Waals surface area contributed by atoms with Crippen LogP contribution >= 0.6 is 0 Å². The lowest BCUT2D eigenvalue weighted by atomic mass is 9.92. The number of nitrogens with one attached hydrogen (secondary N) is 1. The first-order valence-corrected chi connectivity index (χ1v) is 14.3. The third-order valence-corrected chi connectivity index (χ3v) is 6.38. The van der Waals surface area contributed by atoms with Crippen molar-refractivity contribution < 1.29 is 29.0 Å². The fraction of sp³-hybridized carbons (Fsp3) is 0.857. The van der Waals surface area contributed by atoms with Gasteiger partial charge >= 0.3 is 18.0 Å². The molecule has 0 saturated heterocycles. The summed E-state index contributed by atoms with van der Waals surface area (Å²) in [6, 6.07) is -0.530. The van der Waals surface area contributed by atoms with E-state index in [1.54, 1.807) is 6.92 Å². The number of hydrogen-bond acceptors (Lipinski definition) is 5. The lowest BCUT2D eigenvalue weighted by Crippen LogP contribution is -2.45. The second-order valence-corrected chi connectivity index (χ2v) is 15.3. The lowest BCUT2D eigenvalue weighted by Gasteiger charge is -2.19. The van der Waals surface area contributed by atoms with Crippen molar-refractivity contribution in [2.24, 2.45) is 17.8 Å². The van der Waals surface area contributed by atoms with Gasteiger partial charge < -0.3 is 19.9 Å². The normalized spacial score (nSPS) is 14.8. The van der Waals surface area contributed by atoms with Gasteiger partial charge in [0.1, 0.15) is 6.61 Å². The number of hydrogen-bond donors (Lipinski definition) is 2. The highest BCUT2D eigenvalue weighted by molar-refractivity contribution is 6.76. The number of rotatable bonds is 14. The summed E-state index contributed by atoms with van der Waals surface area (Å²) in [5, 5.41) is 11.5. The Hall–Kier alpha value is -1.57. The average Bonchev–Trinajstić information content (AvgIpc) is 2.55. The molecule has 0 bridgehead atoms. The number of ether oxygens (including phenoxy) is 2. The third-order valence-electron chi connectivity index (χ3n) is 4.68. The van der Waals surface area contributed by atoms with Crippen LogP contribution < -0.4 is 5.32 Å². The zero-order valence-corrected chi connectivity index (χ0v) is 20.2. The van der Waals surface area contributed by atoms with E-state index in [0.717, 1.165) is 18.9 Å². The molecule has 3 atom stereocenters. The van der Waals surface area contributed by atoms with Crippen LogP contribution in [0.2, 0.25) is 25.7 Å². The molecule has 0 aromatic heterocycles. The molecule has 0 aliphatic heterocycles. The summed E-state index contributed by atoms with van der Waals surface area (Å²) >= 11 is 0. The Kier molecular flexibility index (Phi) is 12.9. The van der Waals surface area contributed by atoms with E-state index < -0.39 is 38.8 Å². The van der Waals surface area contributed by atoms with Gasteiger partial charge in [-0.3, -0.25) is 4.79 Å². The number of carbonyl (C=O) groups is 3. The molecule has 3 unspecified atom stereocenters. The average molecular weight is 432 g/mol. The van der Waals surface area contributed by atoms with E-state index in [1.165, 1.54) is 6.42 Å². The van der Waals surface area contributed by atoms with Gasteiger partial charge in [-0.15, -0.1) is 0 Å². The quantitative estimate of drug-likeness (QED) is 0.309. The molecule has 7 nitrogen and oxygen atoms in total. The topological polar surface area (TPSA) is 102 Å². The Morgan fingerprint density at radius 3 is 2.14 bits per heavy atom. The first-order valence-electron chi connectivity index (χ1n) is 10.6. The molecule has 0 aromatic carbocycles. The lowest BCUT2D eigenvalue weighted by molar-refractivity contribution is -0.152. The predicted octanol–water partition coefficient (Wildman–Crippen LogP) is 4.54. The molecule has 1 amide bonds. The molecule has 0 fully saturated rings. The third kappa shape index (κ3) is 15.0. The van der Waals surface area contributed by atoms with E-state index in [1.807, 2.05) is 0 Å². The zero-order chi connectivity index (χ0) is 22.6. The molecule has 0 aliphatic carbocycles. The number of esters is 1. The van der Waals surface area contributed by atoms with Gasteiger partial charge in [0.15, 0.2) is 6.04 Å². The van der Waals surface area contributed by atoms with Crippen LogP contribution in [0, 0.1) is 17.8 Å². The predicted molar refractivity (Wildman–Crippen MR) is 117 cm³/mol. The number of carbonyl (C=O) groups excluding carboxylic acids is 2. The number of alkyl carbamates (subject to hydrolysis) is 1. The fourth-order valence-corrected chi connectivity index (χ4v) is 3.64. The maximum atomic E-state index is 12.1. The van der Waals surface area contributed by atoms with Crippen molar-refractivity contribution in [3.8, 4) is 0 Å². The smallest absolute Gasteiger partial charge is 0.407 e. The molecular formula is C21H41NO6Si. The molecular weight excluding hydrogens is 390 g/mol. The summed E-state index contributed by atoms with van der Waals surface area (Å²) in [5.74, 6) is -0.739. The van der Waals surface area contributed by atoms with E-state index in [-0.39, 0.29) is 12.5 Å². The fourth-order valence-electron chi connectivity index (χ4n) is 2.93. The minimum atomic E-state index is -1.35. The molecule has 8 heteroatoms. The van der Waals surface area contributed by atoms with Crippen LogP contribution in [0.15, 0.2) is 0 Å². The minimum Gasteiger partial charge on any atom is -0.480 e. The maximum absolute atomic E-state index is 12.1. The molecule has 2 N–H and O–H groups in total. The van der Waals surface area contributed by atoms with Crippen molar-refractivity contribution >= 4 is 26.1 Å². The van der Waals surface area contributed by atoms with Crippen LogP contribution in [0.5, 0.6) is 0 Å². The number of carboxylic acid groups (broad SMARTS) is 1. The Balaban J connectivity index is 4.28. The second kappa shape index (κ2) is 13.6. The van der Waals surface area contributed by atoms with E-state index in [9.17, 15) is 19.5 Å². The van der Waals surface area contributed by atoms with Crippen LogP contribution in [-0.2, 0) is 19.1 Å². The van der Waals surface area contributed by atoms with Crippen LogP contribution in [0.1, 0.15) is 53.4 Å². The Morgan fingerprint density at radius 1 is 1.00 bits per heavy atom. The highest BCUT2D eigenvalue weighted by Gasteiger charge is 2.24. The maximum Gasteiger partial charge on any atom is 0.407 e. The van der Waals surface area contributed by atoms with Crippen molar-refractivity contribution in [2.45, 2.75) is 85.1 Å². The summed E-state index contributed by atoms with van der Waals surface area (Å²) in [6.45, 7) is 14.7. The Morgan fingerprint density at radius 2 is 1.62 bits per heavy atom. The minimum absolute atomic E-state index is 0.250. The molecule has 0 rings (SSSR count). The van der Waals surface area contributed by atoms with Crippen LogP contribution in [0.4, 0.5) is 4.79 Å². The van der Waals surface area contributed by atoms with Gasteiger partial charge in [-0.2, -0.15) is 0 Å². The van der Waals surface area contributed by atoms with Gasteiger partial charge in [-0.25, -0.2) is 9.59 Å². The number of carboxylic acids is 1. The largest absolute Gasteiger partial charge is 0.480 e. The summed E-state index contributed by atoms with van der Waals surface area (Å²) < 4.78 is 10.2. The molecule has 0 heterocycles. The molecule has 29 heavy (non-hydrogen) atoms. The van der Waals surface area contributed by atoms with Crippen molar-refractivity contribution in [3.63, 3.8) is 0 Å². The van der Waals surface area contributed by atoms with Crippen molar-refractivity contribution in [2.75, 3.05) is 13.2 Å². The molecule has 0 saturated carbocycles. The molecule has 0 aliphatic rings. The Bertz CT molecular complexity index is 518. The summed E-state index contributed by atoms with van der Waals surface area (Å²) in [6.07, 6.45) is 3.04. The molecule has 0 radical (unpaired) electrons. The summed E-state index contributed by atoms with van der Waals surface area (Å²) in [4.78, 5) is 35.3. The van der Waals surface area contributed by atoms with Crippen molar-refractivity contribution in [3.05, 3.63) is 0 Å². The molecule has 170 valence electrons. The van der Waals surface area contributed by atoms with Gasteiger partial charge in [0.25, 0.3) is 0 Å². The van der Waals surface area contributed by atoms with Crippen LogP contribution in [0.25, 0.3) is 0 Å². The first kappa shape index (κ1) is 27.4. The van der Waals surface area contributed by atoms with Crippen molar-refractivity contribution in [1.82, 2.24) is 5.32 Å². The first-order chi connectivity index (χ1) is 13.3.